The van der Waals surface area contributed by atoms with Crippen molar-refractivity contribution in [2.45, 2.75) is 69.0 Å². The summed E-state index contributed by atoms with van der Waals surface area (Å²) in [5, 5.41) is 28.4. The van der Waals surface area contributed by atoms with Crippen LogP contribution in [-0.2, 0) is 29.5 Å². The second-order valence-corrected chi connectivity index (χ2v) is 12.6. The first-order chi connectivity index (χ1) is 23.1. The van der Waals surface area contributed by atoms with E-state index in [0.29, 0.717) is 42.6 Å². The number of tetrazole rings is 1. The molecule has 0 aliphatic heterocycles. The number of primary amides is 2. The molecule has 0 spiro atoms. The number of aryl methyl sites for hydroxylation is 2. The van der Waals surface area contributed by atoms with Crippen LogP contribution in [0.1, 0.15) is 80.5 Å². The lowest BCUT2D eigenvalue weighted by molar-refractivity contribution is -0.132. The van der Waals surface area contributed by atoms with Crippen molar-refractivity contribution in [3.05, 3.63) is 111 Å². The van der Waals surface area contributed by atoms with Crippen LogP contribution in [0, 0.1) is 17.1 Å². The van der Waals surface area contributed by atoms with E-state index in [4.69, 9.17) is 11.5 Å². The number of fused-ring (bicyclic) bond motifs is 2. The molecule has 13 heteroatoms. The van der Waals surface area contributed by atoms with Gasteiger partial charge in [0.1, 0.15) is 11.9 Å². The van der Waals surface area contributed by atoms with Gasteiger partial charge in [-0.15, -0.1) is 5.10 Å². The van der Waals surface area contributed by atoms with Crippen LogP contribution in [0.5, 0.6) is 0 Å². The number of hydrogen-bond donors (Lipinski definition) is 4. The number of aromatic amines is 1. The molecule has 2 atom stereocenters. The Morgan fingerprint density at radius 1 is 1.02 bits per heavy atom. The van der Waals surface area contributed by atoms with E-state index in [1.807, 2.05) is 12.1 Å². The maximum absolute atomic E-state index is 13.9. The summed E-state index contributed by atoms with van der Waals surface area (Å²) >= 11 is 0. The van der Waals surface area contributed by atoms with E-state index in [9.17, 15) is 24.0 Å². The predicted molar refractivity (Wildman–Crippen MR) is 173 cm³/mol. The summed E-state index contributed by atoms with van der Waals surface area (Å²) < 4.78 is 13.9. The Kier molecular flexibility index (Phi) is 9.01. The van der Waals surface area contributed by atoms with Gasteiger partial charge in [-0.3, -0.25) is 14.4 Å². The van der Waals surface area contributed by atoms with E-state index in [1.165, 1.54) is 12.1 Å². The molecule has 3 amide bonds. The molecule has 6 rings (SSSR count). The predicted octanol–water partition coefficient (Wildman–Crippen LogP) is 2.46. The fourth-order valence-electron chi connectivity index (χ4n) is 7.03. The van der Waals surface area contributed by atoms with Gasteiger partial charge in [0.05, 0.1) is 18.0 Å². The fourth-order valence-corrected chi connectivity index (χ4v) is 7.03. The Morgan fingerprint density at radius 3 is 2.12 bits per heavy atom. The molecule has 3 aromatic carbocycles. The summed E-state index contributed by atoms with van der Waals surface area (Å²) in [6, 6.07) is 18.0. The molecule has 2 aliphatic rings. The van der Waals surface area contributed by atoms with Crippen molar-refractivity contribution in [2.24, 2.45) is 11.5 Å². The lowest BCUT2D eigenvalue weighted by Gasteiger charge is -2.38. The monoisotopic (exact) mass is 649 g/mol. The van der Waals surface area contributed by atoms with Crippen LogP contribution < -0.4 is 16.8 Å². The van der Waals surface area contributed by atoms with Crippen LogP contribution in [0.2, 0.25) is 0 Å². The van der Waals surface area contributed by atoms with Gasteiger partial charge in [0.15, 0.2) is 5.82 Å². The highest BCUT2D eigenvalue weighted by Gasteiger charge is 2.46. The topological polar surface area (TPSA) is 197 Å². The van der Waals surface area contributed by atoms with Crippen LogP contribution in [0.25, 0.3) is 0 Å². The SMILES string of the molecule is CC(C#N)N(C(=O)CN[C@H](Cc1ccc(F)cc1)CC1(c2nnn[nH]2)c2ccc(C(N)=O)cc2CCc2cc(C(N)=O)ccc21)C1CC1. The number of benzene rings is 3. The van der Waals surface area contributed by atoms with E-state index in [2.05, 4.69) is 32.0 Å². The van der Waals surface area contributed by atoms with Gasteiger partial charge in [0.25, 0.3) is 0 Å². The quantitative estimate of drug-likeness (QED) is 0.179. The summed E-state index contributed by atoms with van der Waals surface area (Å²) in [6.45, 7) is 1.68. The fraction of sp³-hybridized carbons (Fsp3) is 0.343. The van der Waals surface area contributed by atoms with Crippen molar-refractivity contribution >= 4 is 17.7 Å². The molecule has 6 N–H and O–H groups in total. The van der Waals surface area contributed by atoms with Crippen molar-refractivity contribution in [3.8, 4) is 6.07 Å². The number of aromatic nitrogens is 4. The van der Waals surface area contributed by atoms with Gasteiger partial charge in [0.2, 0.25) is 17.7 Å². The first-order valence-electron chi connectivity index (χ1n) is 15.9. The minimum Gasteiger partial charge on any atom is -0.366 e. The van der Waals surface area contributed by atoms with Gasteiger partial charge in [0, 0.05) is 23.2 Å². The van der Waals surface area contributed by atoms with E-state index in [-0.39, 0.29) is 24.3 Å². The standard InChI is InChI=1S/C35H36FN9O3/c1-20(18-37)45(28-10-11-28)31(46)19-40-27(14-21-2-8-26(36)9-3-21)17-35(34-41-43-44-42-34)29-12-6-24(32(38)47)15-22(29)4-5-23-16-25(33(39)48)7-13-30(23)35/h2-3,6-9,12-13,15-16,20,27-28,40H,4-5,10-11,14,17,19H2,1H3,(H2,38,47)(H2,39,48)(H,41,42,43,44)/t20?,27-/m1/s1. The zero-order valence-corrected chi connectivity index (χ0v) is 26.4. The molecule has 1 aromatic heterocycles. The first kappa shape index (κ1) is 32.5. The largest absolute Gasteiger partial charge is 0.366 e. The molecule has 1 fully saturated rings. The van der Waals surface area contributed by atoms with Gasteiger partial charge >= 0.3 is 0 Å². The normalized spacial score (nSPS) is 16.0. The molecule has 0 radical (unpaired) electrons. The second-order valence-electron chi connectivity index (χ2n) is 12.6. The molecular formula is C35H36FN9O3. The minimum atomic E-state index is -1.08. The highest BCUT2D eigenvalue weighted by atomic mass is 19.1. The number of nitrogens with two attached hydrogens (primary N) is 2. The Morgan fingerprint density at radius 2 is 1.62 bits per heavy atom. The second kappa shape index (κ2) is 13.3. The van der Waals surface area contributed by atoms with Gasteiger partial charge in [-0.05, 0) is 120 Å². The van der Waals surface area contributed by atoms with Crippen LogP contribution >= 0.6 is 0 Å². The zero-order valence-electron chi connectivity index (χ0n) is 26.4. The summed E-state index contributed by atoms with van der Waals surface area (Å²) in [7, 11) is 0. The molecule has 0 bridgehead atoms. The van der Waals surface area contributed by atoms with Crippen molar-refractivity contribution in [2.75, 3.05) is 6.54 Å². The van der Waals surface area contributed by atoms with Crippen LogP contribution in [-0.4, -0.2) is 67.9 Å². The van der Waals surface area contributed by atoms with Crippen molar-refractivity contribution in [1.29, 1.82) is 5.26 Å². The van der Waals surface area contributed by atoms with Crippen LogP contribution in [0.3, 0.4) is 0 Å². The molecule has 246 valence electrons. The Labute approximate surface area is 276 Å². The lowest BCUT2D eigenvalue weighted by Crippen LogP contribution is -2.48. The number of carbonyl (C=O) groups excluding carboxylic acids is 3. The van der Waals surface area contributed by atoms with E-state index in [1.54, 1.807) is 48.2 Å². The van der Waals surface area contributed by atoms with Gasteiger partial charge in [-0.2, -0.15) is 5.26 Å². The molecule has 48 heavy (non-hydrogen) atoms. The average molecular weight is 650 g/mol. The number of nitrogens with zero attached hydrogens (tertiary/aromatic N) is 5. The maximum Gasteiger partial charge on any atom is 0.248 e. The Hall–Kier alpha value is -5.48. The lowest BCUT2D eigenvalue weighted by atomic mass is 9.67. The molecule has 1 heterocycles. The smallest absolute Gasteiger partial charge is 0.248 e. The highest BCUT2D eigenvalue weighted by Crippen LogP contribution is 2.47. The molecule has 0 saturated heterocycles. The van der Waals surface area contributed by atoms with Crippen molar-refractivity contribution in [1.82, 2.24) is 30.8 Å². The average Bonchev–Trinajstić information content (AvgIpc) is 3.78. The summed E-state index contributed by atoms with van der Waals surface area (Å²) in [5.74, 6) is -1.27. The number of amides is 3. The third kappa shape index (κ3) is 6.39. The maximum atomic E-state index is 13.9. The molecule has 2 aliphatic carbocycles. The van der Waals surface area contributed by atoms with E-state index >= 15 is 0 Å². The Bertz CT molecular complexity index is 1820. The number of rotatable bonds is 12. The third-order valence-electron chi connectivity index (χ3n) is 9.43. The summed E-state index contributed by atoms with van der Waals surface area (Å²) in [5.41, 5.74) is 15.2. The molecule has 1 saturated carbocycles. The number of carbonyl (C=O) groups is 3. The molecule has 12 nitrogen and oxygen atoms in total. The number of nitriles is 1. The van der Waals surface area contributed by atoms with Gasteiger partial charge < -0.3 is 21.7 Å². The Balaban J connectivity index is 1.50. The van der Waals surface area contributed by atoms with Crippen molar-refractivity contribution in [3.63, 3.8) is 0 Å². The van der Waals surface area contributed by atoms with Gasteiger partial charge in [-0.25, -0.2) is 9.49 Å². The number of hydrogen-bond acceptors (Lipinski definition) is 8. The van der Waals surface area contributed by atoms with E-state index < -0.39 is 29.3 Å². The molecule has 1 unspecified atom stereocenters. The highest BCUT2D eigenvalue weighted by molar-refractivity contribution is 5.94. The third-order valence-corrected chi connectivity index (χ3v) is 9.43. The van der Waals surface area contributed by atoms with E-state index in [0.717, 1.165) is 40.7 Å². The van der Waals surface area contributed by atoms with Crippen LogP contribution in [0.4, 0.5) is 4.39 Å². The zero-order chi connectivity index (χ0) is 34.0. The van der Waals surface area contributed by atoms with Gasteiger partial charge in [-0.1, -0.05) is 24.3 Å². The molecular weight excluding hydrogens is 613 g/mol. The van der Waals surface area contributed by atoms with Crippen molar-refractivity contribution < 1.29 is 18.8 Å². The summed E-state index contributed by atoms with van der Waals surface area (Å²) in [4.78, 5) is 39.8. The number of halogens is 1. The summed E-state index contributed by atoms with van der Waals surface area (Å²) in [6.07, 6.45) is 3.45. The number of H-pyrrole nitrogens is 1. The van der Waals surface area contributed by atoms with Crippen LogP contribution in [0.15, 0.2) is 60.7 Å². The molecule has 4 aromatic rings. The minimum absolute atomic E-state index is 0.0376. The number of nitrogens with one attached hydrogen (secondary N) is 2. The first-order valence-corrected chi connectivity index (χ1v) is 15.9.